The lowest BCUT2D eigenvalue weighted by molar-refractivity contribution is -0.168. The normalized spacial score (nSPS) is 54.5. The molecule has 3 heteroatoms. The minimum Gasteiger partial charge on any atom is -0.438 e. The van der Waals surface area contributed by atoms with Gasteiger partial charge in [-0.1, -0.05) is 6.92 Å². The molecular formula is C12H18O3. The molecule has 4 fully saturated rings. The lowest BCUT2D eigenvalue weighted by Gasteiger charge is -2.27. The summed E-state index contributed by atoms with van der Waals surface area (Å²) in [6.07, 6.45) is 1.25. The molecule has 0 N–H and O–H groups in total. The van der Waals surface area contributed by atoms with Crippen LogP contribution in [0.4, 0.5) is 0 Å². The Morgan fingerprint density at radius 2 is 2.27 bits per heavy atom. The first-order valence-electron chi connectivity index (χ1n) is 5.78. The van der Waals surface area contributed by atoms with E-state index < -0.39 is 0 Å². The number of carbonyl (C=O) groups excluding carboxylic acids is 1. The summed E-state index contributed by atoms with van der Waals surface area (Å²) in [7, 11) is 1.55. The molecule has 4 bridgehead atoms. The van der Waals surface area contributed by atoms with Crippen LogP contribution in [0, 0.1) is 35.0 Å². The van der Waals surface area contributed by atoms with Gasteiger partial charge in [-0.15, -0.1) is 0 Å². The Bertz CT molecular complexity index is 314. The highest BCUT2D eigenvalue weighted by atomic mass is 16.7. The number of hydrogen-bond donors (Lipinski definition) is 0. The van der Waals surface area contributed by atoms with Crippen molar-refractivity contribution in [2.45, 2.75) is 20.3 Å². The molecule has 84 valence electrons. The standard InChI is InChI=1S/C12H18O3/c1-6-8-4-7-9(6)10(7)12(8,2)11(13)15-5-14-3/h6-10H,4-5H2,1-3H3. The summed E-state index contributed by atoms with van der Waals surface area (Å²) in [5.74, 6) is 3.50. The number of esters is 1. The van der Waals surface area contributed by atoms with Gasteiger partial charge in [-0.25, -0.2) is 0 Å². The zero-order valence-electron chi connectivity index (χ0n) is 9.53. The molecule has 0 radical (unpaired) electrons. The highest BCUT2D eigenvalue weighted by Crippen LogP contribution is 2.80. The van der Waals surface area contributed by atoms with Crippen molar-refractivity contribution in [1.29, 1.82) is 0 Å². The third-order valence-electron chi connectivity index (χ3n) is 5.21. The maximum Gasteiger partial charge on any atom is 0.314 e. The monoisotopic (exact) mass is 210 g/mol. The second-order valence-electron chi connectivity index (χ2n) is 5.59. The van der Waals surface area contributed by atoms with Crippen LogP contribution in [-0.4, -0.2) is 19.9 Å². The molecule has 4 rings (SSSR count). The van der Waals surface area contributed by atoms with E-state index in [2.05, 4.69) is 13.8 Å². The zero-order valence-corrected chi connectivity index (χ0v) is 9.53. The van der Waals surface area contributed by atoms with Crippen molar-refractivity contribution >= 4 is 5.97 Å². The second kappa shape index (κ2) is 2.76. The maximum absolute atomic E-state index is 12.0. The van der Waals surface area contributed by atoms with Gasteiger partial charge in [0.1, 0.15) is 0 Å². The minimum atomic E-state index is -0.201. The first kappa shape index (κ1) is 9.64. The molecule has 6 atom stereocenters. The van der Waals surface area contributed by atoms with Crippen molar-refractivity contribution in [3.8, 4) is 0 Å². The van der Waals surface area contributed by atoms with Crippen LogP contribution >= 0.6 is 0 Å². The Morgan fingerprint density at radius 3 is 2.67 bits per heavy atom. The number of ether oxygens (including phenoxy) is 2. The number of methoxy groups -OCH3 is 1. The molecule has 0 aromatic heterocycles. The predicted molar refractivity (Wildman–Crippen MR) is 53.8 cm³/mol. The number of carbonyl (C=O) groups is 1. The summed E-state index contributed by atoms with van der Waals surface area (Å²) >= 11 is 0. The molecule has 3 nitrogen and oxygen atoms in total. The van der Waals surface area contributed by atoms with E-state index in [-0.39, 0.29) is 18.2 Å². The van der Waals surface area contributed by atoms with E-state index in [1.807, 2.05) is 0 Å². The van der Waals surface area contributed by atoms with Crippen LogP contribution in [0.5, 0.6) is 0 Å². The highest BCUT2D eigenvalue weighted by Gasteiger charge is 2.79. The maximum atomic E-state index is 12.0. The zero-order chi connectivity index (χ0) is 10.8. The Hall–Kier alpha value is -0.570. The fourth-order valence-corrected chi connectivity index (χ4v) is 4.64. The largest absolute Gasteiger partial charge is 0.438 e. The van der Waals surface area contributed by atoms with Gasteiger partial charge in [0.25, 0.3) is 0 Å². The first-order valence-corrected chi connectivity index (χ1v) is 5.78. The average Bonchev–Trinajstić information content (AvgIpc) is 2.66. The second-order valence-corrected chi connectivity index (χ2v) is 5.59. The SMILES string of the molecule is COCOC(=O)C1(C)C2CC3C(C2C)C31. The molecule has 6 unspecified atom stereocenters. The van der Waals surface area contributed by atoms with Gasteiger partial charge in [0, 0.05) is 7.11 Å². The van der Waals surface area contributed by atoms with E-state index >= 15 is 0 Å². The molecule has 0 aliphatic heterocycles. The third kappa shape index (κ3) is 0.930. The fourth-order valence-electron chi connectivity index (χ4n) is 4.64. The molecule has 0 saturated heterocycles. The lowest BCUT2D eigenvalue weighted by Crippen LogP contribution is -2.35. The van der Waals surface area contributed by atoms with E-state index in [1.54, 1.807) is 7.11 Å². The molecule has 0 spiro atoms. The van der Waals surface area contributed by atoms with E-state index in [4.69, 9.17) is 9.47 Å². The van der Waals surface area contributed by atoms with Crippen LogP contribution in [0.1, 0.15) is 20.3 Å². The third-order valence-corrected chi connectivity index (χ3v) is 5.21. The summed E-state index contributed by atoms with van der Waals surface area (Å²) < 4.78 is 9.96. The smallest absolute Gasteiger partial charge is 0.314 e. The van der Waals surface area contributed by atoms with Crippen molar-refractivity contribution in [2.75, 3.05) is 13.9 Å². The predicted octanol–water partition coefficient (Wildman–Crippen LogP) is 1.67. The highest BCUT2D eigenvalue weighted by molar-refractivity contribution is 5.79. The van der Waals surface area contributed by atoms with Crippen LogP contribution in [0.3, 0.4) is 0 Å². The molecule has 0 amide bonds. The van der Waals surface area contributed by atoms with E-state index in [9.17, 15) is 4.79 Å². The van der Waals surface area contributed by atoms with Crippen molar-refractivity contribution in [2.24, 2.45) is 35.0 Å². The fraction of sp³-hybridized carbons (Fsp3) is 0.917. The lowest BCUT2D eigenvalue weighted by atomic mass is 9.78. The Labute approximate surface area is 90.1 Å². The van der Waals surface area contributed by atoms with Crippen LogP contribution in [0.15, 0.2) is 0 Å². The molecule has 4 aliphatic rings. The van der Waals surface area contributed by atoms with Crippen molar-refractivity contribution in [3.05, 3.63) is 0 Å². The van der Waals surface area contributed by atoms with Gasteiger partial charge in [0.2, 0.25) is 0 Å². The summed E-state index contributed by atoms with van der Waals surface area (Å²) in [4.78, 5) is 12.0. The molecule has 0 heterocycles. The van der Waals surface area contributed by atoms with Gasteiger partial charge in [-0.3, -0.25) is 4.79 Å². The average molecular weight is 210 g/mol. The van der Waals surface area contributed by atoms with Gasteiger partial charge in [-0.2, -0.15) is 0 Å². The van der Waals surface area contributed by atoms with Crippen molar-refractivity contribution in [3.63, 3.8) is 0 Å². The van der Waals surface area contributed by atoms with Gasteiger partial charge in [0.05, 0.1) is 5.41 Å². The number of hydrogen-bond acceptors (Lipinski definition) is 3. The summed E-state index contributed by atoms with van der Waals surface area (Å²) in [6, 6.07) is 0. The first-order chi connectivity index (χ1) is 7.12. The van der Waals surface area contributed by atoms with Crippen LogP contribution in [-0.2, 0) is 14.3 Å². The molecule has 0 aromatic rings. The summed E-state index contributed by atoms with van der Waals surface area (Å²) in [5.41, 5.74) is -0.201. The van der Waals surface area contributed by atoms with Crippen LogP contribution in [0.25, 0.3) is 0 Å². The van der Waals surface area contributed by atoms with Gasteiger partial charge in [-0.05, 0) is 42.9 Å². The molecule has 0 aromatic carbocycles. The Kier molecular flexibility index (Phi) is 1.77. The van der Waals surface area contributed by atoms with Crippen molar-refractivity contribution < 1.29 is 14.3 Å². The summed E-state index contributed by atoms with van der Waals surface area (Å²) in [6.45, 7) is 4.49. The van der Waals surface area contributed by atoms with E-state index in [0.29, 0.717) is 11.8 Å². The van der Waals surface area contributed by atoms with Crippen LogP contribution in [0.2, 0.25) is 0 Å². The Balaban J connectivity index is 1.79. The summed E-state index contributed by atoms with van der Waals surface area (Å²) in [5, 5.41) is 0. The van der Waals surface area contributed by atoms with Crippen molar-refractivity contribution in [1.82, 2.24) is 0 Å². The number of rotatable bonds is 3. The quantitative estimate of drug-likeness (QED) is 0.525. The molecule has 4 aliphatic carbocycles. The van der Waals surface area contributed by atoms with Gasteiger partial charge < -0.3 is 9.47 Å². The van der Waals surface area contributed by atoms with Gasteiger partial charge >= 0.3 is 5.97 Å². The molecule has 15 heavy (non-hydrogen) atoms. The van der Waals surface area contributed by atoms with E-state index in [0.717, 1.165) is 17.8 Å². The molecule has 4 saturated carbocycles. The molecular weight excluding hydrogens is 192 g/mol. The topological polar surface area (TPSA) is 35.5 Å². The minimum absolute atomic E-state index is 0.0336. The van der Waals surface area contributed by atoms with Gasteiger partial charge in [0.15, 0.2) is 6.79 Å². The van der Waals surface area contributed by atoms with E-state index in [1.165, 1.54) is 6.42 Å². The Morgan fingerprint density at radius 1 is 1.53 bits per heavy atom. The van der Waals surface area contributed by atoms with Crippen LogP contribution < -0.4 is 0 Å².